The number of carbonyl (C=O) groups is 2. The smallest absolute Gasteiger partial charge is 0.253 e. The Kier molecular flexibility index (Phi) is 5.50. The van der Waals surface area contributed by atoms with Crippen molar-refractivity contribution in [1.82, 2.24) is 4.90 Å². The van der Waals surface area contributed by atoms with Gasteiger partial charge in [0.1, 0.15) is 0 Å². The standard InChI is InChI=1S/C24H29NO2/c1-17(26)19-8-7-9-20(16-19)23(27)25-14-12-18(13-15-25)21-10-5-6-11-22(21)24(2,3)4/h5-11,16,18H,12-15H2,1-4H3. The fourth-order valence-corrected chi connectivity index (χ4v) is 3.98. The maximum Gasteiger partial charge on any atom is 0.253 e. The minimum Gasteiger partial charge on any atom is -0.339 e. The van der Waals surface area contributed by atoms with E-state index >= 15 is 0 Å². The van der Waals surface area contributed by atoms with Gasteiger partial charge in [-0.3, -0.25) is 9.59 Å². The van der Waals surface area contributed by atoms with Gasteiger partial charge >= 0.3 is 0 Å². The highest BCUT2D eigenvalue weighted by atomic mass is 16.2. The van der Waals surface area contributed by atoms with Crippen LogP contribution in [0.5, 0.6) is 0 Å². The SMILES string of the molecule is CC(=O)c1cccc(C(=O)N2CCC(c3ccccc3C(C)(C)C)CC2)c1. The zero-order chi connectivity index (χ0) is 19.6. The summed E-state index contributed by atoms with van der Waals surface area (Å²) >= 11 is 0. The Morgan fingerprint density at radius 2 is 1.56 bits per heavy atom. The van der Waals surface area contributed by atoms with Gasteiger partial charge in [-0.05, 0) is 54.4 Å². The first-order valence-corrected chi connectivity index (χ1v) is 9.77. The van der Waals surface area contributed by atoms with Gasteiger partial charge in [0, 0.05) is 24.2 Å². The molecule has 0 bridgehead atoms. The quantitative estimate of drug-likeness (QED) is 0.702. The number of carbonyl (C=O) groups excluding carboxylic acids is 2. The van der Waals surface area contributed by atoms with Crippen LogP contribution >= 0.6 is 0 Å². The van der Waals surface area contributed by atoms with Crippen molar-refractivity contribution in [2.24, 2.45) is 0 Å². The molecule has 1 aliphatic heterocycles. The van der Waals surface area contributed by atoms with Gasteiger partial charge in [-0.2, -0.15) is 0 Å². The molecule has 1 heterocycles. The molecule has 0 aliphatic carbocycles. The maximum absolute atomic E-state index is 12.9. The fraction of sp³-hybridized carbons (Fsp3) is 0.417. The number of benzene rings is 2. The van der Waals surface area contributed by atoms with Gasteiger partial charge in [0.25, 0.3) is 5.91 Å². The number of Topliss-reactive ketones (excluding diaryl/α,β-unsaturated/α-hetero) is 1. The summed E-state index contributed by atoms with van der Waals surface area (Å²) in [5, 5.41) is 0. The number of nitrogens with zero attached hydrogens (tertiary/aromatic N) is 1. The first-order chi connectivity index (χ1) is 12.8. The van der Waals surface area contributed by atoms with Gasteiger partial charge in [0.05, 0.1) is 0 Å². The second-order valence-corrected chi connectivity index (χ2v) is 8.54. The van der Waals surface area contributed by atoms with Gasteiger partial charge in [-0.25, -0.2) is 0 Å². The van der Waals surface area contributed by atoms with Crippen molar-refractivity contribution in [3.63, 3.8) is 0 Å². The van der Waals surface area contributed by atoms with E-state index in [-0.39, 0.29) is 17.1 Å². The molecule has 0 unspecified atom stereocenters. The van der Waals surface area contributed by atoms with Crippen molar-refractivity contribution in [2.75, 3.05) is 13.1 Å². The van der Waals surface area contributed by atoms with Gasteiger partial charge in [0.2, 0.25) is 0 Å². The van der Waals surface area contributed by atoms with Gasteiger partial charge in [-0.15, -0.1) is 0 Å². The molecule has 1 fully saturated rings. The van der Waals surface area contributed by atoms with Crippen LogP contribution in [0.3, 0.4) is 0 Å². The number of rotatable bonds is 3. The summed E-state index contributed by atoms with van der Waals surface area (Å²) in [6.45, 7) is 9.81. The van der Waals surface area contributed by atoms with Crippen molar-refractivity contribution in [1.29, 1.82) is 0 Å². The Balaban J connectivity index is 1.72. The van der Waals surface area contributed by atoms with Crippen LogP contribution in [-0.2, 0) is 5.41 Å². The molecule has 1 saturated heterocycles. The summed E-state index contributed by atoms with van der Waals surface area (Å²) in [5.41, 5.74) is 4.15. The first kappa shape index (κ1) is 19.3. The predicted molar refractivity (Wildman–Crippen MR) is 109 cm³/mol. The van der Waals surface area contributed by atoms with E-state index in [2.05, 4.69) is 45.0 Å². The average molecular weight is 364 g/mol. The first-order valence-electron chi connectivity index (χ1n) is 9.77. The highest BCUT2D eigenvalue weighted by Gasteiger charge is 2.28. The lowest BCUT2D eigenvalue weighted by molar-refractivity contribution is 0.0712. The lowest BCUT2D eigenvalue weighted by Crippen LogP contribution is -2.38. The van der Waals surface area contributed by atoms with Crippen LogP contribution in [0.2, 0.25) is 0 Å². The third-order valence-electron chi connectivity index (χ3n) is 5.51. The third-order valence-corrected chi connectivity index (χ3v) is 5.51. The molecule has 0 radical (unpaired) electrons. The molecule has 2 aromatic carbocycles. The molecule has 0 N–H and O–H groups in total. The molecular weight excluding hydrogens is 334 g/mol. The molecule has 0 spiro atoms. The molecule has 0 aromatic heterocycles. The molecule has 27 heavy (non-hydrogen) atoms. The average Bonchev–Trinajstić information content (AvgIpc) is 2.67. The Morgan fingerprint density at radius 3 is 2.19 bits per heavy atom. The van der Waals surface area contributed by atoms with Gasteiger partial charge in [0.15, 0.2) is 5.78 Å². The zero-order valence-electron chi connectivity index (χ0n) is 16.8. The third kappa shape index (κ3) is 4.29. The van der Waals surface area contributed by atoms with Crippen LogP contribution in [0.25, 0.3) is 0 Å². The van der Waals surface area contributed by atoms with Crippen LogP contribution in [-0.4, -0.2) is 29.7 Å². The van der Waals surface area contributed by atoms with Crippen molar-refractivity contribution in [3.8, 4) is 0 Å². The summed E-state index contributed by atoms with van der Waals surface area (Å²) in [7, 11) is 0. The van der Waals surface area contributed by atoms with E-state index in [4.69, 9.17) is 0 Å². The zero-order valence-corrected chi connectivity index (χ0v) is 16.8. The van der Waals surface area contributed by atoms with Crippen molar-refractivity contribution < 1.29 is 9.59 Å². The van der Waals surface area contributed by atoms with Crippen molar-refractivity contribution >= 4 is 11.7 Å². The van der Waals surface area contributed by atoms with Crippen LogP contribution < -0.4 is 0 Å². The number of piperidine rings is 1. The Labute approximate surface area is 162 Å². The largest absolute Gasteiger partial charge is 0.339 e. The molecule has 2 aromatic rings. The highest BCUT2D eigenvalue weighted by Crippen LogP contribution is 2.36. The number of hydrogen-bond donors (Lipinski definition) is 0. The molecule has 3 nitrogen and oxygen atoms in total. The Bertz CT molecular complexity index is 839. The molecule has 142 valence electrons. The van der Waals surface area contributed by atoms with E-state index in [9.17, 15) is 9.59 Å². The molecule has 1 amide bonds. The predicted octanol–water partition coefficient (Wildman–Crippen LogP) is 5.21. The van der Waals surface area contributed by atoms with Crippen molar-refractivity contribution in [3.05, 3.63) is 70.8 Å². The number of hydrogen-bond acceptors (Lipinski definition) is 2. The summed E-state index contributed by atoms with van der Waals surface area (Å²) in [6, 6.07) is 15.8. The van der Waals surface area contributed by atoms with E-state index in [0.717, 1.165) is 25.9 Å². The normalized spacial score (nSPS) is 15.6. The van der Waals surface area contributed by atoms with Gasteiger partial charge in [-0.1, -0.05) is 57.2 Å². The monoisotopic (exact) mass is 363 g/mol. The van der Waals surface area contributed by atoms with E-state index < -0.39 is 0 Å². The molecular formula is C24H29NO2. The van der Waals surface area contributed by atoms with Crippen LogP contribution in [0.15, 0.2) is 48.5 Å². The number of ketones is 1. The number of likely N-dealkylation sites (tertiary alicyclic amines) is 1. The Morgan fingerprint density at radius 1 is 0.926 bits per heavy atom. The van der Waals surface area contributed by atoms with E-state index in [1.54, 1.807) is 24.3 Å². The Hall–Kier alpha value is -2.42. The number of amides is 1. The lowest BCUT2D eigenvalue weighted by Gasteiger charge is -2.35. The minimum absolute atomic E-state index is 0.0119. The van der Waals surface area contributed by atoms with Gasteiger partial charge < -0.3 is 4.90 Å². The minimum atomic E-state index is -0.0119. The summed E-state index contributed by atoms with van der Waals surface area (Å²) < 4.78 is 0. The second-order valence-electron chi connectivity index (χ2n) is 8.54. The summed E-state index contributed by atoms with van der Waals surface area (Å²) in [4.78, 5) is 26.4. The van der Waals surface area contributed by atoms with E-state index in [0.29, 0.717) is 17.0 Å². The van der Waals surface area contributed by atoms with Crippen LogP contribution in [0.1, 0.15) is 78.3 Å². The molecule has 1 aliphatic rings. The maximum atomic E-state index is 12.9. The second kappa shape index (κ2) is 7.67. The summed E-state index contributed by atoms with van der Waals surface area (Å²) in [5.74, 6) is 0.510. The molecule has 0 atom stereocenters. The van der Waals surface area contributed by atoms with E-state index in [1.165, 1.54) is 18.1 Å². The van der Waals surface area contributed by atoms with Crippen LogP contribution in [0.4, 0.5) is 0 Å². The lowest BCUT2D eigenvalue weighted by atomic mass is 9.77. The topological polar surface area (TPSA) is 37.4 Å². The summed E-state index contributed by atoms with van der Waals surface area (Å²) in [6.07, 6.45) is 1.95. The molecule has 3 heteroatoms. The molecule has 3 rings (SSSR count). The van der Waals surface area contributed by atoms with E-state index in [1.807, 2.05) is 4.90 Å². The van der Waals surface area contributed by atoms with Crippen molar-refractivity contribution in [2.45, 2.75) is 51.9 Å². The molecule has 0 saturated carbocycles. The van der Waals surface area contributed by atoms with Crippen LogP contribution in [0, 0.1) is 0 Å². The highest BCUT2D eigenvalue weighted by molar-refractivity contribution is 5.99. The fourth-order valence-electron chi connectivity index (χ4n) is 3.98.